The van der Waals surface area contributed by atoms with Crippen molar-refractivity contribution >= 4 is 6.03 Å². The Morgan fingerprint density at radius 2 is 2.17 bits per heavy atom. The fraction of sp³-hybridized carbons (Fsp3) is 0.875. The number of nitrogens with two attached hydrogens (primary N) is 2. The van der Waals surface area contributed by atoms with Crippen LogP contribution in [0.5, 0.6) is 0 Å². The summed E-state index contributed by atoms with van der Waals surface area (Å²) < 4.78 is 0. The summed E-state index contributed by atoms with van der Waals surface area (Å²) >= 11 is 0. The molecule has 0 aromatic heterocycles. The Labute approximate surface area is 72.9 Å². The second-order valence-corrected chi connectivity index (χ2v) is 4.09. The van der Waals surface area contributed by atoms with Gasteiger partial charge in [0.15, 0.2) is 0 Å². The molecule has 4 N–H and O–H groups in total. The lowest BCUT2D eigenvalue weighted by atomic mass is 9.88. The SMILES string of the molecule is CC(C)(N)C1CCN(C(N)=O)C1. The number of carbonyl (C=O) groups is 1. The molecule has 4 heteroatoms. The van der Waals surface area contributed by atoms with E-state index in [0.717, 1.165) is 13.0 Å². The summed E-state index contributed by atoms with van der Waals surface area (Å²) in [6.07, 6.45) is 0.965. The third-order valence-electron chi connectivity index (χ3n) is 2.55. The zero-order valence-electron chi connectivity index (χ0n) is 7.71. The Balaban J connectivity index is 2.51. The van der Waals surface area contributed by atoms with Crippen LogP contribution in [0, 0.1) is 5.92 Å². The van der Waals surface area contributed by atoms with E-state index in [4.69, 9.17) is 11.5 Å². The molecule has 0 radical (unpaired) electrons. The van der Waals surface area contributed by atoms with E-state index in [1.807, 2.05) is 13.8 Å². The van der Waals surface area contributed by atoms with Gasteiger partial charge in [0.2, 0.25) is 0 Å². The number of likely N-dealkylation sites (tertiary alicyclic amines) is 1. The Hall–Kier alpha value is -0.770. The number of carbonyl (C=O) groups excluding carboxylic acids is 1. The first kappa shape index (κ1) is 9.32. The minimum absolute atomic E-state index is 0.204. The molecule has 0 spiro atoms. The molecule has 2 amide bonds. The topological polar surface area (TPSA) is 72.3 Å². The molecule has 0 aliphatic carbocycles. The minimum Gasteiger partial charge on any atom is -0.351 e. The van der Waals surface area contributed by atoms with E-state index in [2.05, 4.69) is 0 Å². The number of amides is 2. The van der Waals surface area contributed by atoms with Crippen LogP contribution in [-0.2, 0) is 0 Å². The highest BCUT2D eigenvalue weighted by atomic mass is 16.2. The first-order chi connectivity index (χ1) is 5.41. The van der Waals surface area contributed by atoms with Gasteiger partial charge >= 0.3 is 6.03 Å². The van der Waals surface area contributed by atoms with Crippen LogP contribution in [0.15, 0.2) is 0 Å². The second kappa shape index (κ2) is 2.94. The lowest BCUT2D eigenvalue weighted by Crippen LogP contribution is -2.43. The molecule has 1 atom stereocenters. The van der Waals surface area contributed by atoms with Crippen LogP contribution in [0.3, 0.4) is 0 Å². The molecule has 12 heavy (non-hydrogen) atoms. The minimum atomic E-state index is -0.332. The normalized spacial score (nSPS) is 24.6. The van der Waals surface area contributed by atoms with E-state index in [-0.39, 0.29) is 11.6 Å². The van der Waals surface area contributed by atoms with Crippen molar-refractivity contribution in [1.29, 1.82) is 0 Å². The number of hydrogen-bond acceptors (Lipinski definition) is 2. The third kappa shape index (κ3) is 1.88. The van der Waals surface area contributed by atoms with Gasteiger partial charge in [-0.1, -0.05) is 0 Å². The number of rotatable bonds is 1. The zero-order valence-corrected chi connectivity index (χ0v) is 7.71. The molecule has 4 nitrogen and oxygen atoms in total. The van der Waals surface area contributed by atoms with Crippen LogP contribution in [0.1, 0.15) is 20.3 Å². The maximum atomic E-state index is 10.8. The van der Waals surface area contributed by atoms with Crippen molar-refractivity contribution in [2.75, 3.05) is 13.1 Å². The van der Waals surface area contributed by atoms with Crippen LogP contribution < -0.4 is 11.5 Å². The molecule has 1 aliphatic rings. The molecule has 70 valence electrons. The Morgan fingerprint density at radius 3 is 2.42 bits per heavy atom. The van der Waals surface area contributed by atoms with Gasteiger partial charge in [0.1, 0.15) is 0 Å². The molecular formula is C8H17N3O. The predicted octanol–water partition coefficient (Wildman–Crippen LogP) is 0.124. The first-order valence-electron chi connectivity index (χ1n) is 4.24. The van der Waals surface area contributed by atoms with Gasteiger partial charge in [0.25, 0.3) is 0 Å². The van der Waals surface area contributed by atoms with Gasteiger partial charge in [-0.3, -0.25) is 0 Å². The van der Waals surface area contributed by atoms with E-state index in [1.165, 1.54) is 0 Å². The van der Waals surface area contributed by atoms with Crippen molar-refractivity contribution in [3.63, 3.8) is 0 Å². The van der Waals surface area contributed by atoms with Gasteiger partial charge in [-0.2, -0.15) is 0 Å². The van der Waals surface area contributed by atoms with Gasteiger partial charge in [0.05, 0.1) is 0 Å². The lowest BCUT2D eigenvalue weighted by Gasteiger charge is -2.26. The van der Waals surface area contributed by atoms with Crippen molar-refractivity contribution in [2.24, 2.45) is 17.4 Å². The van der Waals surface area contributed by atoms with E-state index in [1.54, 1.807) is 4.90 Å². The maximum Gasteiger partial charge on any atom is 0.314 e. The average molecular weight is 171 g/mol. The quantitative estimate of drug-likeness (QED) is 0.588. The number of primary amides is 1. The summed E-state index contributed by atoms with van der Waals surface area (Å²) in [5.74, 6) is 0.380. The van der Waals surface area contributed by atoms with Crippen LogP contribution >= 0.6 is 0 Å². The monoisotopic (exact) mass is 171 g/mol. The van der Waals surface area contributed by atoms with E-state index < -0.39 is 0 Å². The highest BCUT2D eigenvalue weighted by molar-refractivity contribution is 5.72. The van der Waals surface area contributed by atoms with Gasteiger partial charge in [-0.15, -0.1) is 0 Å². The van der Waals surface area contributed by atoms with E-state index in [9.17, 15) is 4.79 Å². The second-order valence-electron chi connectivity index (χ2n) is 4.09. The molecule has 0 saturated carbocycles. The van der Waals surface area contributed by atoms with Gasteiger partial charge < -0.3 is 16.4 Å². The molecule has 0 aromatic rings. The standard InChI is InChI=1S/C8H17N3O/c1-8(2,10)6-3-4-11(5-6)7(9)12/h6H,3-5,10H2,1-2H3,(H2,9,12). The molecule has 1 aliphatic heterocycles. The molecule has 0 bridgehead atoms. The van der Waals surface area contributed by atoms with Gasteiger partial charge in [-0.05, 0) is 26.2 Å². The van der Waals surface area contributed by atoms with Crippen LogP contribution in [0.25, 0.3) is 0 Å². The fourth-order valence-electron chi connectivity index (χ4n) is 1.57. The highest BCUT2D eigenvalue weighted by Gasteiger charge is 2.33. The zero-order chi connectivity index (χ0) is 9.35. The molecule has 1 rings (SSSR count). The predicted molar refractivity (Wildman–Crippen MR) is 47.5 cm³/mol. The van der Waals surface area contributed by atoms with Crippen molar-refractivity contribution in [3.8, 4) is 0 Å². The molecule has 1 fully saturated rings. The smallest absolute Gasteiger partial charge is 0.314 e. The summed E-state index contributed by atoms with van der Waals surface area (Å²) in [5.41, 5.74) is 10.9. The number of nitrogens with zero attached hydrogens (tertiary/aromatic N) is 1. The van der Waals surface area contributed by atoms with Crippen molar-refractivity contribution in [3.05, 3.63) is 0 Å². The summed E-state index contributed by atoms with van der Waals surface area (Å²) in [7, 11) is 0. The lowest BCUT2D eigenvalue weighted by molar-refractivity contribution is 0.213. The third-order valence-corrected chi connectivity index (χ3v) is 2.55. The van der Waals surface area contributed by atoms with Crippen molar-refractivity contribution in [1.82, 2.24) is 4.90 Å². The van der Waals surface area contributed by atoms with Gasteiger partial charge in [0, 0.05) is 18.6 Å². The largest absolute Gasteiger partial charge is 0.351 e. The van der Waals surface area contributed by atoms with Crippen LogP contribution in [0.4, 0.5) is 4.79 Å². The van der Waals surface area contributed by atoms with Gasteiger partial charge in [-0.25, -0.2) is 4.79 Å². The van der Waals surface area contributed by atoms with Crippen molar-refractivity contribution in [2.45, 2.75) is 25.8 Å². The van der Waals surface area contributed by atoms with Crippen LogP contribution in [0.2, 0.25) is 0 Å². The first-order valence-corrected chi connectivity index (χ1v) is 4.24. The Kier molecular flexibility index (Phi) is 2.28. The van der Waals surface area contributed by atoms with Crippen molar-refractivity contribution < 1.29 is 4.79 Å². The summed E-state index contributed by atoms with van der Waals surface area (Å²) in [6.45, 7) is 5.43. The maximum absolute atomic E-state index is 10.8. The van der Waals surface area contributed by atoms with Crippen LogP contribution in [-0.4, -0.2) is 29.6 Å². The molecule has 1 heterocycles. The number of hydrogen-bond donors (Lipinski definition) is 2. The summed E-state index contributed by atoms with van der Waals surface area (Å²) in [4.78, 5) is 12.4. The molecule has 1 unspecified atom stereocenters. The molecule has 1 saturated heterocycles. The molecule has 0 aromatic carbocycles. The Morgan fingerprint density at radius 1 is 1.58 bits per heavy atom. The fourth-order valence-corrected chi connectivity index (χ4v) is 1.57. The van der Waals surface area contributed by atoms with E-state index in [0.29, 0.717) is 12.5 Å². The number of urea groups is 1. The highest BCUT2D eigenvalue weighted by Crippen LogP contribution is 2.24. The van der Waals surface area contributed by atoms with E-state index >= 15 is 0 Å². The average Bonchev–Trinajstić information content (AvgIpc) is 2.30. The molecular weight excluding hydrogens is 154 g/mol. The summed E-state index contributed by atoms with van der Waals surface area (Å²) in [6, 6.07) is -0.332. The Bertz CT molecular complexity index is 185. The summed E-state index contributed by atoms with van der Waals surface area (Å²) in [5, 5.41) is 0.